The van der Waals surface area contributed by atoms with E-state index in [0.717, 1.165) is 70.7 Å². The predicted octanol–water partition coefficient (Wildman–Crippen LogP) is 1.46. The number of anilines is 2. The zero-order valence-electron chi connectivity index (χ0n) is 13.2. The summed E-state index contributed by atoms with van der Waals surface area (Å²) < 4.78 is 5.36. The summed E-state index contributed by atoms with van der Waals surface area (Å²) in [5.41, 5.74) is 0. The molecule has 6 heteroatoms. The maximum Gasteiger partial charge on any atom is 0.227 e. The van der Waals surface area contributed by atoms with Gasteiger partial charge in [0.05, 0.1) is 13.2 Å². The molecule has 1 aliphatic heterocycles. The Morgan fingerprint density at radius 3 is 2.76 bits per heavy atom. The summed E-state index contributed by atoms with van der Waals surface area (Å²) >= 11 is 0. The smallest absolute Gasteiger partial charge is 0.227 e. The number of aromatic nitrogens is 2. The molecule has 1 N–H and O–H groups in total. The van der Waals surface area contributed by atoms with Gasteiger partial charge >= 0.3 is 0 Å². The molecular weight excluding hydrogens is 266 g/mol. The van der Waals surface area contributed by atoms with Crippen molar-refractivity contribution < 1.29 is 4.74 Å². The van der Waals surface area contributed by atoms with Crippen molar-refractivity contribution >= 4 is 11.8 Å². The highest BCUT2D eigenvalue weighted by Gasteiger charge is 2.13. The zero-order chi connectivity index (χ0) is 14.9. The SMILES string of the molecule is CCN(CC)CCCNc1ccnc(N2CCOCC2)n1. The quantitative estimate of drug-likeness (QED) is 0.732. The van der Waals surface area contributed by atoms with Gasteiger partial charge in [-0.05, 0) is 32.1 Å². The average molecular weight is 293 g/mol. The van der Waals surface area contributed by atoms with E-state index in [4.69, 9.17) is 4.74 Å². The van der Waals surface area contributed by atoms with E-state index in [1.807, 2.05) is 12.3 Å². The molecule has 0 aromatic carbocycles. The topological polar surface area (TPSA) is 53.5 Å². The molecule has 1 aliphatic rings. The molecule has 0 aliphatic carbocycles. The van der Waals surface area contributed by atoms with E-state index in [-0.39, 0.29) is 0 Å². The van der Waals surface area contributed by atoms with Gasteiger partial charge in [0.1, 0.15) is 5.82 Å². The molecule has 0 spiro atoms. The molecule has 0 unspecified atom stereocenters. The largest absolute Gasteiger partial charge is 0.378 e. The lowest BCUT2D eigenvalue weighted by Crippen LogP contribution is -2.37. The molecule has 1 fully saturated rings. The third kappa shape index (κ3) is 5.13. The molecule has 1 saturated heterocycles. The predicted molar refractivity (Wildman–Crippen MR) is 86.0 cm³/mol. The number of nitrogens with zero attached hydrogens (tertiary/aromatic N) is 4. The standard InChI is InChI=1S/C15H27N5O/c1-3-19(4-2)9-5-7-16-14-6-8-17-15(18-14)20-10-12-21-13-11-20/h6,8H,3-5,7,9-13H2,1-2H3,(H,16,17,18). The number of rotatable bonds is 8. The van der Waals surface area contributed by atoms with E-state index in [2.05, 4.69) is 38.9 Å². The zero-order valence-corrected chi connectivity index (χ0v) is 13.2. The molecule has 0 radical (unpaired) electrons. The third-order valence-corrected chi connectivity index (χ3v) is 3.79. The van der Waals surface area contributed by atoms with Gasteiger partial charge < -0.3 is 19.9 Å². The summed E-state index contributed by atoms with van der Waals surface area (Å²) in [6, 6.07) is 1.93. The Balaban J connectivity index is 1.78. The summed E-state index contributed by atoms with van der Waals surface area (Å²) in [7, 11) is 0. The maximum atomic E-state index is 5.36. The second kappa shape index (κ2) is 8.79. The van der Waals surface area contributed by atoms with E-state index in [1.165, 1.54) is 0 Å². The summed E-state index contributed by atoms with van der Waals surface area (Å²) in [6.07, 6.45) is 2.95. The van der Waals surface area contributed by atoms with Crippen LogP contribution in [0.4, 0.5) is 11.8 Å². The lowest BCUT2D eigenvalue weighted by Gasteiger charge is -2.26. The van der Waals surface area contributed by atoms with Crippen molar-refractivity contribution in [1.29, 1.82) is 0 Å². The molecule has 0 saturated carbocycles. The molecule has 1 aromatic heterocycles. The fourth-order valence-corrected chi connectivity index (χ4v) is 2.42. The normalized spacial score (nSPS) is 15.5. The molecule has 21 heavy (non-hydrogen) atoms. The first kappa shape index (κ1) is 16.0. The van der Waals surface area contributed by atoms with Gasteiger partial charge in [0.15, 0.2) is 0 Å². The first-order valence-corrected chi connectivity index (χ1v) is 7.95. The highest BCUT2D eigenvalue weighted by molar-refractivity contribution is 5.41. The number of ether oxygens (including phenoxy) is 1. The van der Waals surface area contributed by atoms with Crippen LogP contribution < -0.4 is 10.2 Å². The minimum absolute atomic E-state index is 0.755. The van der Waals surface area contributed by atoms with Gasteiger partial charge in [-0.25, -0.2) is 4.98 Å². The number of hydrogen-bond donors (Lipinski definition) is 1. The second-order valence-electron chi connectivity index (χ2n) is 5.15. The van der Waals surface area contributed by atoms with Crippen LogP contribution in [-0.2, 0) is 4.74 Å². The molecule has 0 bridgehead atoms. The molecular formula is C15H27N5O. The summed E-state index contributed by atoms with van der Waals surface area (Å²) in [4.78, 5) is 13.5. The monoisotopic (exact) mass is 293 g/mol. The van der Waals surface area contributed by atoms with Gasteiger partial charge in [-0.3, -0.25) is 0 Å². The van der Waals surface area contributed by atoms with Gasteiger partial charge in [-0.1, -0.05) is 13.8 Å². The van der Waals surface area contributed by atoms with Crippen LogP contribution in [0.1, 0.15) is 20.3 Å². The van der Waals surface area contributed by atoms with Crippen LogP contribution in [0.2, 0.25) is 0 Å². The molecule has 118 valence electrons. The van der Waals surface area contributed by atoms with Gasteiger partial charge in [0, 0.05) is 25.8 Å². The van der Waals surface area contributed by atoms with Crippen LogP contribution in [0.15, 0.2) is 12.3 Å². The van der Waals surface area contributed by atoms with Gasteiger partial charge in [-0.2, -0.15) is 4.98 Å². The van der Waals surface area contributed by atoms with E-state index < -0.39 is 0 Å². The highest BCUT2D eigenvalue weighted by Crippen LogP contribution is 2.12. The van der Waals surface area contributed by atoms with E-state index in [1.54, 1.807) is 0 Å². The Hall–Kier alpha value is -1.40. The molecule has 2 heterocycles. The van der Waals surface area contributed by atoms with Crippen molar-refractivity contribution in [2.24, 2.45) is 0 Å². The van der Waals surface area contributed by atoms with Crippen LogP contribution >= 0.6 is 0 Å². The molecule has 6 nitrogen and oxygen atoms in total. The minimum Gasteiger partial charge on any atom is -0.378 e. The average Bonchev–Trinajstić information content (AvgIpc) is 2.56. The van der Waals surface area contributed by atoms with Crippen LogP contribution in [0.25, 0.3) is 0 Å². The van der Waals surface area contributed by atoms with Gasteiger partial charge in [0.25, 0.3) is 0 Å². The summed E-state index contributed by atoms with van der Waals surface area (Å²) in [5.74, 6) is 1.71. The molecule has 1 aromatic rings. The van der Waals surface area contributed by atoms with Crippen LogP contribution in [0, 0.1) is 0 Å². The molecule has 0 atom stereocenters. The number of nitrogens with one attached hydrogen (secondary N) is 1. The van der Waals surface area contributed by atoms with Crippen molar-refractivity contribution in [3.63, 3.8) is 0 Å². The molecule has 0 amide bonds. The van der Waals surface area contributed by atoms with Crippen molar-refractivity contribution in [2.45, 2.75) is 20.3 Å². The first-order chi connectivity index (χ1) is 10.3. The Kier molecular flexibility index (Phi) is 6.69. The Morgan fingerprint density at radius 1 is 1.29 bits per heavy atom. The maximum absolute atomic E-state index is 5.36. The number of morpholine rings is 1. The minimum atomic E-state index is 0.755. The van der Waals surface area contributed by atoms with Crippen molar-refractivity contribution in [3.8, 4) is 0 Å². The second-order valence-corrected chi connectivity index (χ2v) is 5.15. The van der Waals surface area contributed by atoms with Crippen LogP contribution in [0.5, 0.6) is 0 Å². The van der Waals surface area contributed by atoms with Crippen LogP contribution in [-0.4, -0.2) is 67.4 Å². The van der Waals surface area contributed by atoms with Crippen molar-refractivity contribution in [3.05, 3.63) is 12.3 Å². The fraction of sp³-hybridized carbons (Fsp3) is 0.733. The summed E-state index contributed by atoms with van der Waals surface area (Å²) in [5, 5.41) is 3.39. The number of hydrogen-bond acceptors (Lipinski definition) is 6. The van der Waals surface area contributed by atoms with Gasteiger partial charge in [0.2, 0.25) is 5.95 Å². The Morgan fingerprint density at radius 2 is 2.05 bits per heavy atom. The first-order valence-electron chi connectivity index (χ1n) is 7.95. The Labute approximate surface area is 127 Å². The Bertz CT molecular complexity index is 405. The van der Waals surface area contributed by atoms with Crippen LogP contribution in [0.3, 0.4) is 0 Å². The lowest BCUT2D eigenvalue weighted by molar-refractivity contribution is 0.122. The molecule has 2 rings (SSSR count). The third-order valence-electron chi connectivity index (χ3n) is 3.79. The van der Waals surface area contributed by atoms with Gasteiger partial charge in [-0.15, -0.1) is 0 Å². The van der Waals surface area contributed by atoms with E-state index in [0.29, 0.717) is 0 Å². The van der Waals surface area contributed by atoms with E-state index >= 15 is 0 Å². The fourth-order valence-electron chi connectivity index (χ4n) is 2.42. The van der Waals surface area contributed by atoms with Crippen molar-refractivity contribution in [1.82, 2.24) is 14.9 Å². The van der Waals surface area contributed by atoms with E-state index in [9.17, 15) is 0 Å². The van der Waals surface area contributed by atoms with Crippen molar-refractivity contribution in [2.75, 3.05) is 62.7 Å². The lowest BCUT2D eigenvalue weighted by atomic mass is 10.3. The summed E-state index contributed by atoms with van der Waals surface area (Å²) in [6.45, 7) is 12.0. The highest BCUT2D eigenvalue weighted by atomic mass is 16.5.